The second-order valence-electron chi connectivity index (χ2n) is 3.50. The second kappa shape index (κ2) is 6.35. The first kappa shape index (κ1) is 14.4. The summed E-state index contributed by atoms with van der Waals surface area (Å²) < 4.78 is 0. The summed E-state index contributed by atoms with van der Waals surface area (Å²) in [7, 11) is 0. The Balaban J connectivity index is 0.000000771. The monoisotopic (exact) mass is 270 g/mol. The molecular formula is C12H15ClN2O3. The number of nitro groups is 1. The van der Waals surface area contributed by atoms with Crippen LogP contribution in [0.4, 0.5) is 11.4 Å². The average Bonchev–Trinajstić information content (AvgIpc) is 2.82. The normalized spacial score (nSPS) is 12.5. The molecule has 0 aromatic heterocycles. The SMILES string of the molecule is CC.O=C(CCl)N1CCc2ccc([N+](=O)[O-])cc21. The van der Waals surface area contributed by atoms with Crippen molar-refractivity contribution in [2.45, 2.75) is 20.3 Å². The van der Waals surface area contributed by atoms with Crippen LogP contribution in [0.1, 0.15) is 19.4 Å². The van der Waals surface area contributed by atoms with Crippen LogP contribution in [0.5, 0.6) is 0 Å². The lowest BCUT2D eigenvalue weighted by molar-refractivity contribution is -0.384. The largest absolute Gasteiger partial charge is 0.311 e. The lowest BCUT2D eigenvalue weighted by atomic mass is 10.1. The van der Waals surface area contributed by atoms with Gasteiger partial charge in [0.2, 0.25) is 5.91 Å². The number of benzene rings is 1. The van der Waals surface area contributed by atoms with Crippen molar-refractivity contribution in [1.82, 2.24) is 0 Å². The summed E-state index contributed by atoms with van der Waals surface area (Å²) in [5.41, 5.74) is 1.55. The van der Waals surface area contributed by atoms with Gasteiger partial charge in [-0.2, -0.15) is 0 Å². The van der Waals surface area contributed by atoms with Crippen LogP contribution in [0.15, 0.2) is 18.2 Å². The summed E-state index contributed by atoms with van der Waals surface area (Å²) in [5, 5.41) is 10.6. The molecule has 0 spiro atoms. The summed E-state index contributed by atoms with van der Waals surface area (Å²) >= 11 is 5.48. The first-order valence-corrected chi connectivity index (χ1v) is 6.30. The Hall–Kier alpha value is -1.62. The highest BCUT2D eigenvalue weighted by Crippen LogP contribution is 2.31. The van der Waals surface area contributed by atoms with E-state index in [4.69, 9.17) is 11.6 Å². The molecule has 0 atom stereocenters. The van der Waals surface area contributed by atoms with E-state index in [2.05, 4.69) is 0 Å². The molecule has 5 nitrogen and oxygen atoms in total. The topological polar surface area (TPSA) is 63.5 Å². The van der Waals surface area contributed by atoms with Crippen molar-refractivity contribution in [1.29, 1.82) is 0 Å². The van der Waals surface area contributed by atoms with Gasteiger partial charge in [-0.25, -0.2) is 0 Å². The molecule has 0 aliphatic carbocycles. The molecule has 1 aromatic rings. The molecule has 0 bridgehead atoms. The second-order valence-corrected chi connectivity index (χ2v) is 3.77. The minimum absolute atomic E-state index is 0.00646. The summed E-state index contributed by atoms with van der Waals surface area (Å²) in [6.07, 6.45) is 0.718. The van der Waals surface area contributed by atoms with Crippen molar-refractivity contribution < 1.29 is 9.72 Å². The van der Waals surface area contributed by atoms with Crippen LogP contribution in [0.2, 0.25) is 0 Å². The van der Waals surface area contributed by atoms with Crippen molar-refractivity contribution in [2.75, 3.05) is 17.3 Å². The van der Waals surface area contributed by atoms with Crippen LogP contribution in [0.3, 0.4) is 0 Å². The van der Waals surface area contributed by atoms with Gasteiger partial charge in [0.1, 0.15) is 5.88 Å². The van der Waals surface area contributed by atoms with Crippen LogP contribution in [-0.4, -0.2) is 23.3 Å². The fraction of sp³-hybridized carbons (Fsp3) is 0.417. The number of nitro benzene ring substituents is 1. The van der Waals surface area contributed by atoms with E-state index in [9.17, 15) is 14.9 Å². The standard InChI is InChI=1S/C10H9ClN2O3.C2H6/c11-6-10(14)12-4-3-7-1-2-8(13(15)16)5-9(7)12;1-2/h1-2,5H,3-4,6H2;1-2H3. The van der Waals surface area contributed by atoms with Crippen molar-refractivity contribution in [3.05, 3.63) is 33.9 Å². The molecule has 6 heteroatoms. The van der Waals surface area contributed by atoms with E-state index in [0.29, 0.717) is 12.2 Å². The molecule has 0 saturated heterocycles. The number of rotatable bonds is 2. The molecule has 0 fully saturated rings. The first-order chi connectivity index (χ1) is 8.63. The van der Waals surface area contributed by atoms with E-state index in [-0.39, 0.29) is 17.5 Å². The molecule has 98 valence electrons. The number of non-ortho nitro benzene ring substituents is 1. The third-order valence-corrected chi connectivity index (χ3v) is 2.82. The van der Waals surface area contributed by atoms with Gasteiger partial charge in [-0.1, -0.05) is 19.9 Å². The number of nitrogens with zero attached hydrogens (tertiary/aromatic N) is 2. The summed E-state index contributed by atoms with van der Waals surface area (Å²) in [6.45, 7) is 4.54. The number of hydrogen-bond acceptors (Lipinski definition) is 3. The van der Waals surface area contributed by atoms with Crippen LogP contribution < -0.4 is 4.90 Å². The van der Waals surface area contributed by atoms with Crippen molar-refractivity contribution in [2.24, 2.45) is 0 Å². The zero-order valence-electron chi connectivity index (χ0n) is 10.4. The molecule has 1 heterocycles. The Morgan fingerprint density at radius 1 is 1.50 bits per heavy atom. The third-order valence-electron chi connectivity index (χ3n) is 2.59. The molecule has 18 heavy (non-hydrogen) atoms. The fourth-order valence-electron chi connectivity index (χ4n) is 1.81. The van der Waals surface area contributed by atoms with E-state index in [1.165, 1.54) is 17.0 Å². The van der Waals surface area contributed by atoms with E-state index in [0.717, 1.165) is 12.0 Å². The predicted molar refractivity (Wildman–Crippen MR) is 71.2 cm³/mol. The Bertz CT molecular complexity index is 463. The van der Waals surface area contributed by atoms with E-state index in [1.54, 1.807) is 6.07 Å². The molecule has 1 aromatic carbocycles. The lowest BCUT2D eigenvalue weighted by Crippen LogP contribution is -2.29. The molecule has 0 N–H and O–H groups in total. The van der Waals surface area contributed by atoms with Crippen LogP contribution in [0.25, 0.3) is 0 Å². The highest BCUT2D eigenvalue weighted by molar-refractivity contribution is 6.29. The van der Waals surface area contributed by atoms with Gasteiger partial charge in [0.25, 0.3) is 5.69 Å². The number of amides is 1. The quantitative estimate of drug-likeness (QED) is 0.471. The number of alkyl halides is 1. The molecule has 2 rings (SSSR count). The van der Waals surface area contributed by atoms with Crippen LogP contribution >= 0.6 is 11.6 Å². The Morgan fingerprint density at radius 3 is 2.72 bits per heavy atom. The zero-order chi connectivity index (χ0) is 13.7. The summed E-state index contributed by atoms with van der Waals surface area (Å²) in [4.78, 5) is 23.1. The highest BCUT2D eigenvalue weighted by atomic mass is 35.5. The van der Waals surface area contributed by atoms with Crippen LogP contribution in [-0.2, 0) is 11.2 Å². The molecule has 1 aliphatic heterocycles. The highest BCUT2D eigenvalue weighted by Gasteiger charge is 2.25. The maximum absolute atomic E-state index is 11.5. The predicted octanol–water partition coefficient (Wildman–Crippen LogP) is 2.75. The van der Waals surface area contributed by atoms with Gasteiger partial charge in [-0.05, 0) is 12.0 Å². The molecule has 0 unspecified atom stereocenters. The summed E-state index contributed by atoms with van der Waals surface area (Å²) in [5.74, 6) is -0.330. The molecule has 1 aliphatic rings. The number of anilines is 1. The van der Waals surface area contributed by atoms with Gasteiger partial charge in [-0.3, -0.25) is 14.9 Å². The van der Waals surface area contributed by atoms with Crippen molar-refractivity contribution >= 4 is 28.9 Å². The summed E-state index contributed by atoms with van der Waals surface area (Å²) in [6, 6.07) is 4.56. The van der Waals surface area contributed by atoms with E-state index in [1.807, 2.05) is 13.8 Å². The maximum Gasteiger partial charge on any atom is 0.271 e. The average molecular weight is 271 g/mol. The fourth-order valence-corrected chi connectivity index (χ4v) is 1.96. The van der Waals surface area contributed by atoms with E-state index < -0.39 is 4.92 Å². The molecule has 0 saturated carbocycles. The maximum atomic E-state index is 11.5. The van der Waals surface area contributed by atoms with Crippen molar-refractivity contribution in [3.63, 3.8) is 0 Å². The molecular weight excluding hydrogens is 256 g/mol. The zero-order valence-corrected chi connectivity index (χ0v) is 11.1. The minimum atomic E-state index is -0.470. The number of carbonyl (C=O) groups is 1. The van der Waals surface area contributed by atoms with Gasteiger partial charge in [-0.15, -0.1) is 11.6 Å². The molecule has 0 radical (unpaired) electrons. The van der Waals surface area contributed by atoms with Gasteiger partial charge in [0.05, 0.1) is 10.6 Å². The third kappa shape index (κ3) is 2.79. The van der Waals surface area contributed by atoms with Gasteiger partial charge >= 0.3 is 0 Å². The minimum Gasteiger partial charge on any atom is -0.311 e. The lowest BCUT2D eigenvalue weighted by Gasteiger charge is -2.15. The number of halogens is 1. The molecule has 1 amide bonds. The van der Waals surface area contributed by atoms with Crippen molar-refractivity contribution in [3.8, 4) is 0 Å². The number of hydrogen-bond donors (Lipinski definition) is 0. The Morgan fingerprint density at radius 2 is 2.17 bits per heavy atom. The van der Waals surface area contributed by atoms with E-state index >= 15 is 0 Å². The number of fused-ring (bicyclic) bond motifs is 1. The van der Waals surface area contributed by atoms with Gasteiger partial charge < -0.3 is 4.90 Å². The van der Waals surface area contributed by atoms with Crippen LogP contribution in [0, 0.1) is 10.1 Å². The number of carbonyl (C=O) groups excluding carboxylic acids is 1. The van der Waals surface area contributed by atoms with Gasteiger partial charge in [0.15, 0.2) is 0 Å². The first-order valence-electron chi connectivity index (χ1n) is 5.77. The Labute approximate surface area is 110 Å². The van der Waals surface area contributed by atoms with Gasteiger partial charge in [0, 0.05) is 18.7 Å². The smallest absolute Gasteiger partial charge is 0.271 e. The Kier molecular flexibility index (Phi) is 5.09.